The van der Waals surface area contributed by atoms with E-state index in [1.165, 1.54) is 0 Å². The van der Waals surface area contributed by atoms with E-state index in [0.29, 0.717) is 0 Å². The van der Waals surface area contributed by atoms with E-state index in [2.05, 4.69) is 0 Å². The Labute approximate surface area is 193 Å². The van der Waals surface area contributed by atoms with Crippen molar-refractivity contribution in [2.24, 2.45) is 0 Å². The summed E-state index contributed by atoms with van der Waals surface area (Å²) < 4.78 is 31.2. The number of aliphatic hydroxyl groups is 2. The van der Waals surface area contributed by atoms with Crippen molar-refractivity contribution >= 4 is 0 Å². The Morgan fingerprint density at radius 2 is 1.15 bits per heavy atom. The third-order valence-corrected chi connectivity index (χ3v) is 7.07. The number of hydrogen-bond acceptors (Lipinski definition) is 7. The molecule has 2 heterocycles. The lowest BCUT2D eigenvalue weighted by atomic mass is 9.81. The molecule has 0 spiro atoms. The number of benzene rings is 2. The van der Waals surface area contributed by atoms with E-state index in [1.807, 2.05) is 76.2 Å². The van der Waals surface area contributed by atoms with Gasteiger partial charge in [-0.05, 0) is 49.9 Å². The molecule has 0 saturated carbocycles. The minimum Gasteiger partial charge on any atom is -0.387 e. The molecule has 0 bridgehead atoms. The summed E-state index contributed by atoms with van der Waals surface area (Å²) >= 11 is 0. The molecule has 0 aromatic heterocycles. The van der Waals surface area contributed by atoms with E-state index in [1.54, 1.807) is 0 Å². The normalized spacial score (nSPS) is 39.9. The van der Waals surface area contributed by atoms with Gasteiger partial charge in [0, 0.05) is 0 Å². The molecule has 176 valence electrons. The summed E-state index contributed by atoms with van der Waals surface area (Å²) in [7, 11) is 0. The van der Waals surface area contributed by atoms with Crippen molar-refractivity contribution in [3.8, 4) is 0 Å². The van der Waals surface area contributed by atoms with Gasteiger partial charge in [-0.25, -0.2) is 0 Å². The maximum absolute atomic E-state index is 11.4. The quantitative estimate of drug-likeness (QED) is 0.717. The Balaban J connectivity index is 1.39. The first kappa shape index (κ1) is 21.7. The van der Waals surface area contributed by atoms with Crippen molar-refractivity contribution in [3.63, 3.8) is 0 Å². The third kappa shape index (κ3) is 3.38. The Morgan fingerprint density at radius 1 is 0.667 bits per heavy atom. The Hall–Kier alpha value is -1.84. The van der Waals surface area contributed by atoms with Gasteiger partial charge in [0.1, 0.15) is 48.8 Å². The number of fused-ring (bicyclic) bond motifs is 6. The first-order valence-corrected chi connectivity index (χ1v) is 11.6. The van der Waals surface area contributed by atoms with E-state index in [4.69, 9.17) is 23.7 Å². The van der Waals surface area contributed by atoms with Crippen LogP contribution in [0.1, 0.15) is 74.4 Å². The summed E-state index contributed by atoms with van der Waals surface area (Å²) in [5, 5.41) is 22.8. The fourth-order valence-corrected chi connectivity index (χ4v) is 5.81. The highest BCUT2D eigenvalue weighted by molar-refractivity contribution is 5.39. The van der Waals surface area contributed by atoms with Crippen molar-refractivity contribution in [2.75, 3.05) is 0 Å². The predicted molar refractivity (Wildman–Crippen MR) is 117 cm³/mol. The van der Waals surface area contributed by atoms with Gasteiger partial charge in [-0.15, -0.1) is 0 Å². The van der Waals surface area contributed by atoms with E-state index >= 15 is 0 Å². The summed E-state index contributed by atoms with van der Waals surface area (Å²) in [5.41, 5.74) is 3.41. The fourth-order valence-electron chi connectivity index (χ4n) is 5.81. The van der Waals surface area contributed by atoms with Crippen LogP contribution in [0.3, 0.4) is 0 Å². The Kier molecular flexibility index (Phi) is 4.81. The topological polar surface area (TPSA) is 86.6 Å². The fraction of sp³-hybridized carbons (Fsp3) is 0.538. The standard InChI is InChI=1S/C26H30O7/c1-25(2)30-20-16-12-8-7-11-15(16)19(18(28)23(20)32-25)29-22-17(27)13-9-5-6-10-14(13)21-24(22)33-26(3,4)31-21/h5-12,17-24,27-28H,1-4H3/t17-,18+,19-,20+,21+,22+,23-,24+/m0/s1. The molecular weight excluding hydrogens is 424 g/mol. The zero-order chi connectivity index (χ0) is 23.1. The second-order valence-electron chi connectivity index (χ2n) is 10.3. The summed E-state index contributed by atoms with van der Waals surface area (Å²) in [5.74, 6) is -1.64. The van der Waals surface area contributed by atoms with Crippen molar-refractivity contribution in [2.45, 2.75) is 88.1 Å². The van der Waals surface area contributed by atoms with Crippen LogP contribution in [-0.2, 0) is 23.7 Å². The largest absolute Gasteiger partial charge is 0.387 e. The molecule has 4 aliphatic rings. The monoisotopic (exact) mass is 454 g/mol. The molecule has 6 rings (SSSR count). The van der Waals surface area contributed by atoms with Gasteiger partial charge >= 0.3 is 0 Å². The SMILES string of the molecule is CC1(C)O[C@H]2[C@H](O)[C@@H](O[C@H]3[C@@H]4OC(C)(C)O[C@@H]4c4ccccc4[C@@H]3O)c3ccccc3[C@H]2O1. The first-order chi connectivity index (χ1) is 15.7. The Morgan fingerprint density at radius 3 is 1.79 bits per heavy atom. The predicted octanol–water partition coefficient (Wildman–Crippen LogP) is 3.62. The van der Waals surface area contributed by atoms with Gasteiger partial charge in [-0.1, -0.05) is 48.5 Å². The number of rotatable bonds is 2. The van der Waals surface area contributed by atoms with Crippen LogP contribution in [0.15, 0.2) is 48.5 Å². The van der Waals surface area contributed by atoms with Crippen LogP contribution in [-0.4, -0.2) is 46.2 Å². The lowest BCUT2D eigenvalue weighted by Gasteiger charge is -2.42. The van der Waals surface area contributed by atoms with E-state index in [9.17, 15) is 10.2 Å². The minimum atomic E-state index is -0.982. The van der Waals surface area contributed by atoms with Crippen LogP contribution in [0, 0.1) is 0 Å². The molecule has 8 atom stereocenters. The molecule has 0 amide bonds. The lowest BCUT2D eigenvalue weighted by molar-refractivity contribution is -0.209. The number of ether oxygens (including phenoxy) is 5. The lowest BCUT2D eigenvalue weighted by Crippen LogP contribution is -2.48. The summed E-state index contributed by atoms with van der Waals surface area (Å²) in [4.78, 5) is 0. The van der Waals surface area contributed by atoms with Gasteiger partial charge in [0.05, 0.1) is 0 Å². The molecule has 2 saturated heterocycles. The minimum absolute atomic E-state index is 0.377. The van der Waals surface area contributed by atoms with Crippen LogP contribution < -0.4 is 0 Å². The smallest absolute Gasteiger partial charge is 0.164 e. The maximum atomic E-state index is 11.4. The highest BCUT2D eigenvalue weighted by Gasteiger charge is 2.57. The highest BCUT2D eigenvalue weighted by Crippen LogP contribution is 2.53. The average molecular weight is 455 g/mol. The molecule has 2 aromatic rings. The molecule has 7 nitrogen and oxygen atoms in total. The second-order valence-corrected chi connectivity index (χ2v) is 10.3. The van der Waals surface area contributed by atoms with Gasteiger partial charge in [0.15, 0.2) is 11.6 Å². The van der Waals surface area contributed by atoms with E-state index < -0.39 is 48.2 Å². The second kappa shape index (κ2) is 7.33. The molecule has 0 radical (unpaired) electrons. The molecule has 2 N–H and O–H groups in total. The molecule has 0 unspecified atom stereocenters. The van der Waals surface area contributed by atoms with Crippen LogP contribution in [0.5, 0.6) is 0 Å². The van der Waals surface area contributed by atoms with Gasteiger partial charge < -0.3 is 33.9 Å². The third-order valence-electron chi connectivity index (χ3n) is 7.07. The molecule has 2 fully saturated rings. The zero-order valence-corrected chi connectivity index (χ0v) is 19.2. The van der Waals surface area contributed by atoms with Gasteiger partial charge in [0.25, 0.3) is 0 Å². The molecule has 33 heavy (non-hydrogen) atoms. The van der Waals surface area contributed by atoms with E-state index in [-0.39, 0.29) is 12.2 Å². The van der Waals surface area contributed by atoms with Crippen molar-refractivity contribution < 1.29 is 33.9 Å². The van der Waals surface area contributed by atoms with Gasteiger partial charge in [-0.3, -0.25) is 0 Å². The first-order valence-electron chi connectivity index (χ1n) is 11.6. The number of aliphatic hydroxyl groups excluding tert-OH is 2. The molecule has 2 aliphatic heterocycles. The van der Waals surface area contributed by atoms with Crippen LogP contribution in [0.4, 0.5) is 0 Å². The summed E-state index contributed by atoms with van der Waals surface area (Å²) in [6, 6.07) is 15.4. The maximum Gasteiger partial charge on any atom is 0.164 e. The molecule has 2 aliphatic carbocycles. The number of hydrogen-bond donors (Lipinski definition) is 2. The summed E-state index contributed by atoms with van der Waals surface area (Å²) in [6.45, 7) is 7.40. The average Bonchev–Trinajstić information content (AvgIpc) is 3.28. The van der Waals surface area contributed by atoms with Gasteiger partial charge in [0.2, 0.25) is 0 Å². The van der Waals surface area contributed by atoms with Gasteiger partial charge in [-0.2, -0.15) is 0 Å². The summed E-state index contributed by atoms with van der Waals surface area (Å²) in [6.07, 6.45) is -5.26. The van der Waals surface area contributed by atoms with Crippen LogP contribution in [0.25, 0.3) is 0 Å². The zero-order valence-electron chi connectivity index (χ0n) is 19.2. The van der Waals surface area contributed by atoms with Crippen molar-refractivity contribution in [3.05, 3.63) is 70.8 Å². The molecule has 2 aromatic carbocycles. The molecular formula is C26H30O7. The highest BCUT2D eigenvalue weighted by atomic mass is 16.8. The van der Waals surface area contributed by atoms with Crippen LogP contribution >= 0.6 is 0 Å². The van der Waals surface area contributed by atoms with E-state index in [0.717, 1.165) is 22.3 Å². The van der Waals surface area contributed by atoms with Crippen molar-refractivity contribution in [1.82, 2.24) is 0 Å². The van der Waals surface area contributed by atoms with Crippen LogP contribution in [0.2, 0.25) is 0 Å². The van der Waals surface area contributed by atoms with Crippen molar-refractivity contribution in [1.29, 1.82) is 0 Å². The Bertz CT molecular complexity index is 1070. The molecule has 7 heteroatoms.